The number of rotatable bonds is 6. The third kappa shape index (κ3) is 3.82. The number of non-ortho nitro benzene ring substituents is 1. The summed E-state index contributed by atoms with van der Waals surface area (Å²) in [5, 5.41) is 23.0. The van der Waals surface area contributed by atoms with Crippen molar-refractivity contribution in [2.24, 2.45) is 0 Å². The lowest BCUT2D eigenvalue weighted by molar-refractivity contribution is -0.384. The van der Waals surface area contributed by atoms with E-state index in [0.717, 1.165) is 18.5 Å². The molecule has 1 unspecified atom stereocenters. The van der Waals surface area contributed by atoms with Crippen molar-refractivity contribution in [2.75, 3.05) is 6.54 Å². The van der Waals surface area contributed by atoms with Crippen LogP contribution in [0.4, 0.5) is 5.69 Å². The van der Waals surface area contributed by atoms with Crippen LogP contribution < -0.4 is 5.32 Å². The Morgan fingerprint density at radius 1 is 1.56 bits per heavy atom. The molecular weight excluding hydrogens is 230 g/mol. The Morgan fingerprint density at radius 2 is 2.28 bits per heavy atom. The van der Waals surface area contributed by atoms with Crippen LogP contribution in [0.2, 0.25) is 0 Å². The van der Waals surface area contributed by atoms with Gasteiger partial charge in [0.15, 0.2) is 0 Å². The summed E-state index contributed by atoms with van der Waals surface area (Å²) in [7, 11) is 0. The molecule has 1 atom stereocenters. The largest absolute Gasteiger partial charge is 0.314 e. The molecule has 0 amide bonds. The van der Waals surface area contributed by atoms with Gasteiger partial charge in [-0.3, -0.25) is 10.1 Å². The monoisotopic (exact) mass is 247 g/mol. The van der Waals surface area contributed by atoms with Gasteiger partial charge in [-0.2, -0.15) is 5.26 Å². The minimum absolute atomic E-state index is 0.0375. The smallest absolute Gasteiger partial charge is 0.270 e. The van der Waals surface area contributed by atoms with Gasteiger partial charge in [-0.15, -0.1) is 0 Å². The molecule has 0 aliphatic rings. The summed E-state index contributed by atoms with van der Waals surface area (Å²) in [6.45, 7) is 5.06. The molecule has 1 rings (SSSR count). The average molecular weight is 247 g/mol. The van der Waals surface area contributed by atoms with Crippen molar-refractivity contribution in [1.29, 1.82) is 5.26 Å². The van der Waals surface area contributed by atoms with Crippen LogP contribution in [0.1, 0.15) is 31.4 Å². The molecule has 0 fully saturated rings. The first-order valence-electron chi connectivity index (χ1n) is 5.99. The van der Waals surface area contributed by atoms with E-state index in [1.807, 2.05) is 13.0 Å². The van der Waals surface area contributed by atoms with E-state index in [4.69, 9.17) is 5.26 Å². The number of nitrogens with zero attached hydrogens (tertiary/aromatic N) is 2. The molecule has 5 heteroatoms. The van der Waals surface area contributed by atoms with Crippen LogP contribution in [0, 0.1) is 21.4 Å². The number of nitro groups is 1. The first-order chi connectivity index (χ1) is 8.58. The van der Waals surface area contributed by atoms with Crippen LogP contribution >= 0.6 is 0 Å². The van der Waals surface area contributed by atoms with E-state index >= 15 is 0 Å². The zero-order chi connectivity index (χ0) is 13.5. The highest BCUT2D eigenvalue weighted by atomic mass is 16.6. The van der Waals surface area contributed by atoms with Crippen molar-refractivity contribution in [3.63, 3.8) is 0 Å². The van der Waals surface area contributed by atoms with Crippen LogP contribution in [-0.2, 0) is 6.42 Å². The Hall–Kier alpha value is -1.93. The molecular formula is C13H17N3O2. The van der Waals surface area contributed by atoms with Crippen molar-refractivity contribution < 1.29 is 4.92 Å². The second kappa shape index (κ2) is 6.72. The van der Waals surface area contributed by atoms with E-state index in [2.05, 4.69) is 12.2 Å². The Balaban J connectivity index is 2.83. The molecule has 0 spiro atoms. The average Bonchev–Trinajstić information content (AvgIpc) is 2.36. The third-order valence-electron chi connectivity index (χ3n) is 2.69. The van der Waals surface area contributed by atoms with E-state index in [1.165, 1.54) is 12.1 Å². The maximum Gasteiger partial charge on any atom is 0.270 e. The zero-order valence-electron chi connectivity index (χ0n) is 10.6. The van der Waals surface area contributed by atoms with Gasteiger partial charge in [-0.05, 0) is 31.9 Å². The van der Waals surface area contributed by atoms with Crippen molar-refractivity contribution in [2.45, 2.75) is 32.7 Å². The van der Waals surface area contributed by atoms with E-state index in [-0.39, 0.29) is 11.7 Å². The fourth-order valence-electron chi connectivity index (χ4n) is 1.75. The first-order valence-corrected chi connectivity index (χ1v) is 5.99. The fraction of sp³-hybridized carbons (Fsp3) is 0.462. The maximum atomic E-state index is 10.6. The van der Waals surface area contributed by atoms with Gasteiger partial charge < -0.3 is 5.32 Å². The predicted octanol–water partition coefficient (Wildman–Crippen LogP) is 2.40. The number of benzene rings is 1. The third-order valence-corrected chi connectivity index (χ3v) is 2.69. The van der Waals surface area contributed by atoms with Gasteiger partial charge in [0.2, 0.25) is 0 Å². The summed E-state index contributed by atoms with van der Waals surface area (Å²) in [5.41, 5.74) is 1.19. The van der Waals surface area contributed by atoms with E-state index in [0.29, 0.717) is 12.0 Å². The van der Waals surface area contributed by atoms with Crippen molar-refractivity contribution in [1.82, 2.24) is 5.32 Å². The molecule has 0 saturated carbocycles. The molecule has 0 saturated heterocycles. The molecule has 0 bridgehead atoms. The lowest BCUT2D eigenvalue weighted by Gasteiger charge is -2.13. The van der Waals surface area contributed by atoms with E-state index < -0.39 is 4.92 Å². The fourth-order valence-corrected chi connectivity index (χ4v) is 1.75. The molecule has 1 N–H and O–H groups in total. The second-order valence-corrected chi connectivity index (χ2v) is 4.27. The Kier molecular flexibility index (Phi) is 5.28. The molecule has 0 aliphatic heterocycles. The quantitative estimate of drug-likeness (QED) is 0.618. The minimum Gasteiger partial charge on any atom is -0.314 e. The molecule has 18 heavy (non-hydrogen) atoms. The number of nitro benzene ring substituents is 1. The van der Waals surface area contributed by atoms with Crippen molar-refractivity contribution in [3.05, 3.63) is 39.4 Å². The minimum atomic E-state index is -0.483. The number of nitrogens with one attached hydrogen (secondary N) is 1. The lowest BCUT2D eigenvalue weighted by atomic mass is 10.0. The van der Waals surface area contributed by atoms with Gasteiger partial charge in [-0.1, -0.05) is 13.0 Å². The standard InChI is InChI=1S/C13H17N3O2/c1-3-6-15-10(2)7-11-4-5-13(16(17)18)8-12(11)9-14/h4-5,8,10,15H,3,6-7H2,1-2H3. The highest BCUT2D eigenvalue weighted by Crippen LogP contribution is 2.18. The Labute approximate surface area is 107 Å². The summed E-state index contributed by atoms with van der Waals surface area (Å²) in [6.07, 6.45) is 1.75. The van der Waals surface area contributed by atoms with E-state index in [9.17, 15) is 10.1 Å². The SMILES string of the molecule is CCCNC(C)Cc1ccc([N+](=O)[O-])cc1C#N. The predicted molar refractivity (Wildman–Crippen MR) is 69.3 cm³/mol. The molecule has 96 valence electrons. The topological polar surface area (TPSA) is 79.0 Å². The molecule has 1 aromatic rings. The lowest BCUT2D eigenvalue weighted by Crippen LogP contribution is -2.28. The molecule has 0 aromatic heterocycles. The van der Waals surface area contributed by atoms with Gasteiger partial charge >= 0.3 is 0 Å². The number of hydrogen-bond donors (Lipinski definition) is 1. The molecule has 1 aromatic carbocycles. The number of nitriles is 1. The molecule has 0 radical (unpaired) electrons. The first kappa shape index (κ1) is 14.1. The normalized spacial score (nSPS) is 11.8. The van der Waals surface area contributed by atoms with Crippen LogP contribution in [0.25, 0.3) is 0 Å². The second-order valence-electron chi connectivity index (χ2n) is 4.27. The van der Waals surface area contributed by atoms with Crippen molar-refractivity contribution >= 4 is 5.69 Å². The summed E-state index contributed by atoms with van der Waals surface area (Å²) < 4.78 is 0. The zero-order valence-corrected chi connectivity index (χ0v) is 10.6. The van der Waals surface area contributed by atoms with Gasteiger partial charge in [0.25, 0.3) is 5.69 Å². The van der Waals surface area contributed by atoms with Crippen molar-refractivity contribution in [3.8, 4) is 6.07 Å². The highest BCUT2D eigenvalue weighted by molar-refractivity contribution is 5.46. The van der Waals surface area contributed by atoms with Gasteiger partial charge in [0.05, 0.1) is 16.6 Å². The highest BCUT2D eigenvalue weighted by Gasteiger charge is 2.12. The number of hydrogen-bond acceptors (Lipinski definition) is 4. The summed E-state index contributed by atoms with van der Waals surface area (Å²) >= 11 is 0. The van der Waals surface area contributed by atoms with Gasteiger partial charge in [0, 0.05) is 18.2 Å². The Bertz CT molecular complexity index is 466. The van der Waals surface area contributed by atoms with E-state index in [1.54, 1.807) is 6.07 Å². The van der Waals surface area contributed by atoms with Gasteiger partial charge in [0.1, 0.15) is 0 Å². The molecule has 0 aliphatic carbocycles. The summed E-state index contributed by atoms with van der Waals surface area (Å²) in [4.78, 5) is 10.1. The van der Waals surface area contributed by atoms with Crippen LogP contribution in [0.3, 0.4) is 0 Å². The molecule has 5 nitrogen and oxygen atoms in total. The molecule has 0 heterocycles. The Morgan fingerprint density at radius 3 is 2.83 bits per heavy atom. The summed E-state index contributed by atoms with van der Waals surface area (Å²) in [6, 6.07) is 6.72. The van der Waals surface area contributed by atoms with Crippen LogP contribution in [0.5, 0.6) is 0 Å². The van der Waals surface area contributed by atoms with Gasteiger partial charge in [-0.25, -0.2) is 0 Å². The van der Waals surface area contributed by atoms with Crippen LogP contribution in [0.15, 0.2) is 18.2 Å². The summed E-state index contributed by atoms with van der Waals surface area (Å²) in [5.74, 6) is 0. The maximum absolute atomic E-state index is 10.6. The van der Waals surface area contributed by atoms with Crippen LogP contribution in [-0.4, -0.2) is 17.5 Å².